The number of nitrogens with one attached hydrogen (secondary N) is 2. The average Bonchev–Trinajstić information content (AvgIpc) is 3.56. The van der Waals surface area contributed by atoms with Crippen LogP contribution in [-0.4, -0.2) is 35.3 Å². The van der Waals surface area contributed by atoms with Gasteiger partial charge in [0.1, 0.15) is 11.9 Å². The highest BCUT2D eigenvalue weighted by Crippen LogP contribution is 2.29. The molecule has 9 heteroatoms. The van der Waals surface area contributed by atoms with Crippen LogP contribution in [0.15, 0.2) is 66.3 Å². The zero-order valence-corrected chi connectivity index (χ0v) is 19.3. The van der Waals surface area contributed by atoms with Crippen LogP contribution in [0.4, 0.5) is 10.1 Å². The summed E-state index contributed by atoms with van der Waals surface area (Å²) in [6, 6.07) is 11.2. The molecule has 2 heterocycles. The van der Waals surface area contributed by atoms with E-state index in [-0.39, 0.29) is 24.2 Å². The zero-order valence-electron chi connectivity index (χ0n) is 18.4. The Morgan fingerprint density at radius 3 is 2.53 bits per heavy atom. The van der Waals surface area contributed by atoms with E-state index in [1.54, 1.807) is 35.7 Å². The lowest BCUT2D eigenvalue weighted by Gasteiger charge is -2.32. The number of anilines is 1. The van der Waals surface area contributed by atoms with Crippen molar-refractivity contribution in [1.82, 2.24) is 15.6 Å². The molecule has 1 aliphatic rings. The fourth-order valence-electron chi connectivity index (χ4n) is 4.11. The molecule has 0 bridgehead atoms. The van der Waals surface area contributed by atoms with Gasteiger partial charge in [0, 0.05) is 24.1 Å². The fourth-order valence-corrected chi connectivity index (χ4v) is 4.75. The maximum Gasteiger partial charge on any atom is 0.261 e. The molecule has 1 aliphatic carbocycles. The molecule has 0 radical (unpaired) electrons. The molecule has 4 rings (SSSR count). The maximum atomic E-state index is 14.2. The number of hydrogen-bond donors (Lipinski definition) is 2. The summed E-state index contributed by atoms with van der Waals surface area (Å²) < 4.78 is 14.2. The average molecular weight is 481 g/mol. The molecule has 7 nitrogen and oxygen atoms in total. The third-order valence-electron chi connectivity index (χ3n) is 5.73. The molecular formula is C25H25FN4O3S. The number of carbonyl (C=O) groups excluding carboxylic acids is 3. The molecule has 1 saturated carbocycles. The number of halogens is 1. The normalized spacial score (nSPS) is 14.4. The highest BCUT2D eigenvalue weighted by molar-refractivity contribution is 7.12. The maximum absolute atomic E-state index is 14.2. The van der Waals surface area contributed by atoms with Gasteiger partial charge in [-0.15, -0.1) is 11.3 Å². The van der Waals surface area contributed by atoms with E-state index in [2.05, 4.69) is 15.6 Å². The Labute approximate surface area is 201 Å². The van der Waals surface area contributed by atoms with Crippen LogP contribution in [0.25, 0.3) is 0 Å². The first-order valence-corrected chi connectivity index (χ1v) is 12.0. The Kier molecular flexibility index (Phi) is 7.64. The van der Waals surface area contributed by atoms with Crippen molar-refractivity contribution in [2.75, 3.05) is 11.4 Å². The quantitative estimate of drug-likeness (QED) is 0.512. The van der Waals surface area contributed by atoms with Gasteiger partial charge in [0.05, 0.1) is 11.4 Å². The van der Waals surface area contributed by atoms with Crippen molar-refractivity contribution in [2.45, 2.75) is 37.8 Å². The molecule has 3 amide bonds. The minimum absolute atomic E-state index is 0.0276. The van der Waals surface area contributed by atoms with Gasteiger partial charge in [-0.3, -0.25) is 24.3 Å². The molecule has 34 heavy (non-hydrogen) atoms. The van der Waals surface area contributed by atoms with Crippen LogP contribution < -0.4 is 15.5 Å². The van der Waals surface area contributed by atoms with E-state index < -0.39 is 23.7 Å². The number of amides is 3. The van der Waals surface area contributed by atoms with E-state index >= 15 is 0 Å². The van der Waals surface area contributed by atoms with E-state index in [1.807, 2.05) is 0 Å². The number of benzene rings is 1. The summed E-state index contributed by atoms with van der Waals surface area (Å²) in [7, 11) is 0. The third kappa shape index (κ3) is 5.66. The van der Waals surface area contributed by atoms with Crippen LogP contribution >= 0.6 is 11.3 Å². The van der Waals surface area contributed by atoms with Crippen LogP contribution in [0.2, 0.25) is 0 Å². The second-order valence-electron chi connectivity index (χ2n) is 8.08. The van der Waals surface area contributed by atoms with E-state index in [4.69, 9.17) is 0 Å². The number of aromatic nitrogens is 1. The molecule has 1 atom stereocenters. The second-order valence-corrected chi connectivity index (χ2v) is 9.02. The Morgan fingerprint density at radius 1 is 1.09 bits per heavy atom. The highest BCUT2D eigenvalue weighted by atomic mass is 32.1. The number of carbonyl (C=O) groups is 3. The van der Waals surface area contributed by atoms with Crippen LogP contribution in [-0.2, 0) is 9.59 Å². The topological polar surface area (TPSA) is 91.4 Å². The van der Waals surface area contributed by atoms with Crippen LogP contribution in [0.3, 0.4) is 0 Å². The molecule has 0 aliphatic heterocycles. The minimum Gasteiger partial charge on any atom is -0.351 e. The van der Waals surface area contributed by atoms with E-state index in [0.717, 1.165) is 25.7 Å². The Hall–Kier alpha value is -3.59. The summed E-state index contributed by atoms with van der Waals surface area (Å²) in [5, 5.41) is 7.43. The number of nitrogens with zero attached hydrogens (tertiary/aromatic N) is 2. The highest BCUT2D eigenvalue weighted by Gasteiger charge is 2.34. The van der Waals surface area contributed by atoms with Gasteiger partial charge in [0.2, 0.25) is 11.8 Å². The lowest BCUT2D eigenvalue weighted by Crippen LogP contribution is -2.49. The lowest BCUT2D eigenvalue weighted by atomic mass is 10.0. The van der Waals surface area contributed by atoms with Gasteiger partial charge in [-0.2, -0.15) is 0 Å². The van der Waals surface area contributed by atoms with Crippen molar-refractivity contribution in [3.63, 3.8) is 0 Å². The van der Waals surface area contributed by atoms with Gasteiger partial charge in [-0.1, -0.05) is 25.0 Å². The molecular weight excluding hydrogens is 455 g/mol. The van der Waals surface area contributed by atoms with Gasteiger partial charge < -0.3 is 10.6 Å². The SMILES string of the molecule is O=C(NCC(=O)N(c1cccc(F)c1)[C@@H](C(=O)NC1CCCC1)c1ccncc1)c1cccs1. The summed E-state index contributed by atoms with van der Waals surface area (Å²) in [6.45, 7) is -0.356. The van der Waals surface area contributed by atoms with Crippen molar-refractivity contribution in [3.05, 3.63) is 82.6 Å². The molecule has 1 fully saturated rings. The lowest BCUT2D eigenvalue weighted by molar-refractivity contribution is -0.126. The van der Waals surface area contributed by atoms with Crippen LogP contribution in [0.5, 0.6) is 0 Å². The molecule has 176 valence electrons. The third-order valence-corrected chi connectivity index (χ3v) is 6.60. The Balaban J connectivity index is 1.66. The van der Waals surface area contributed by atoms with Crippen molar-refractivity contribution in [2.24, 2.45) is 0 Å². The fraction of sp³-hybridized carbons (Fsp3) is 0.280. The Bertz CT molecular complexity index is 1130. The van der Waals surface area contributed by atoms with Crippen LogP contribution in [0.1, 0.15) is 47.0 Å². The number of rotatable bonds is 8. The zero-order chi connectivity index (χ0) is 23.9. The molecule has 0 unspecified atom stereocenters. The summed E-state index contributed by atoms with van der Waals surface area (Å²) in [6.07, 6.45) is 6.90. The second kappa shape index (κ2) is 11.0. The molecule has 0 spiro atoms. The first-order chi connectivity index (χ1) is 16.5. The largest absolute Gasteiger partial charge is 0.351 e. The molecule has 0 saturated heterocycles. The minimum atomic E-state index is -1.06. The number of thiophene rings is 1. The van der Waals surface area contributed by atoms with Crippen molar-refractivity contribution in [1.29, 1.82) is 0 Å². The smallest absolute Gasteiger partial charge is 0.261 e. The first-order valence-electron chi connectivity index (χ1n) is 11.1. The number of pyridine rings is 1. The van der Waals surface area contributed by atoms with E-state index in [1.165, 1.54) is 46.8 Å². The first kappa shape index (κ1) is 23.6. The molecule has 3 aromatic rings. The molecule has 2 aromatic heterocycles. The van der Waals surface area contributed by atoms with Gasteiger partial charge in [0.25, 0.3) is 5.91 Å². The molecule has 2 N–H and O–H groups in total. The Morgan fingerprint density at radius 2 is 1.85 bits per heavy atom. The van der Waals surface area contributed by atoms with Gasteiger partial charge >= 0.3 is 0 Å². The molecule has 1 aromatic carbocycles. The van der Waals surface area contributed by atoms with Crippen molar-refractivity contribution in [3.8, 4) is 0 Å². The summed E-state index contributed by atoms with van der Waals surface area (Å²) in [5.41, 5.74) is 0.756. The predicted octanol–water partition coefficient (Wildman–Crippen LogP) is 3.85. The summed E-state index contributed by atoms with van der Waals surface area (Å²) >= 11 is 1.26. The van der Waals surface area contributed by atoms with Gasteiger partial charge in [-0.25, -0.2) is 4.39 Å². The van der Waals surface area contributed by atoms with E-state index in [0.29, 0.717) is 10.4 Å². The summed E-state index contributed by atoms with van der Waals surface area (Å²) in [4.78, 5) is 45.1. The van der Waals surface area contributed by atoms with Gasteiger partial charge in [0.15, 0.2) is 0 Å². The predicted molar refractivity (Wildman–Crippen MR) is 128 cm³/mol. The number of hydrogen-bond acceptors (Lipinski definition) is 5. The van der Waals surface area contributed by atoms with Gasteiger partial charge in [-0.05, 0) is 60.2 Å². The summed E-state index contributed by atoms with van der Waals surface area (Å²) in [5.74, 6) is -1.83. The van der Waals surface area contributed by atoms with Crippen molar-refractivity contribution < 1.29 is 18.8 Å². The van der Waals surface area contributed by atoms with Crippen molar-refractivity contribution >= 4 is 34.7 Å². The monoisotopic (exact) mass is 480 g/mol. The van der Waals surface area contributed by atoms with Crippen LogP contribution in [0, 0.1) is 5.82 Å². The standard InChI is InChI=1S/C25H25FN4O3S/c26-18-5-3-8-20(15-18)30(22(31)16-28-24(32)21-9-4-14-34-21)23(17-10-12-27-13-11-17)25(33)29-19-6-1-2-7-19/h3-5,8-15,19,23H,1-2,6-7,16H2,(H,28,32)(H,29,33)/t23-/m1/s1. The van der Waals surface area contributed by atoms with E-state index in [9.17, 15) is 18.8 Å².